The zero-order valence-electron chi connectivity index (χ0n) is 15.5. The van der Waals surface area contributed by atoms with E-state index in [4.69, 9.17) is 4.74 Å². The Balaban J connectivity index is 2.17. The Kier molecular flexibility index (Phi) is 8.44. The van der Waals surface area contributed by atoms with E-state index in [1.54, 1.807) is 0 Å². The van der Waals surface area contributed by atoms with E-state index in [0.29, 0.717) is 12.8 Å². The van der Waals surface area contributed by atoms with Gasteiger partial charge in [-0.2, -0.15) is 0 Å². The smallest absolute Gasteiger partial charge is 0.315 e. The lowest BCUT2D eigenvalue weighted by Crippen LogP contribution is -2.36. The third-order valence-corrected chi connectivity index (χ3v) is 6.44. The van der Waals surface area contributed by atoms with Gasteiger partial charge in [-0.3, -0.25) is 9.59 Å². The van der Waals surface area contributed by atoms with Crippen molar-refractivity contribution in [2.24, 2.45) is 11.8 Å². The summed E-state index contributed by atoms with van der Waals surface area (Å²) in [5, 5.41) is 20.6. The number of cyclic esters (lactones) is 1. The van der Waals surface area contributed by atoms with E-state index < -0.39 is 23.4 Å². The topological polar surface area (TPSA) is 93.1 Å². The summed E-state index contributed by atoms with van der Waals surface area (Å²) in [6.07, 6.45) is 6.53. The fraction of sp³-hybridized carbons (Fsp3) is 0.789. The van der Waals surface area contributed by atoms with Crippen molar-refractivity contribution in [3.8, 4) is 0 Å². The van der Waals surface area contributed by atoms with Crippen LogP contribution in [0.3, 0.4) is 0 Å². The van der Waals surface area contributed by atoms with Gasteiger partial charge in [-0.05, 0) is 50.9 Å². The number of aliphatic hydroxyl groups excluding tert-OH is 2. The molecule has 0 bridgehead atoms. The van der Waals surface area contributed by atoms with Gasteiger partial charge in [0.1, 0.15) is 0 Å². The van der Waals surface area contributed by atoms with Crippen LogP contribution in [0, 0.1) is 11.8 Å². The molecule has 1 heterocycles. The fourth-order valence-electron chi connectivity index (χ4n) is 3.77. The minimum Gasteiger partial charge on any atom is -0.468 e. The molecule has 1 aliphatic heterocycles. The van der Waals surface area contributed by atoms with Gasteiger partial charge >= 0.3 is 11.9 Å². The Labute approximate surface area is 159 Å². The van der Waals surface area contributed by atoms with E-state index in [0.717, 1.165) is 19.3 Å². The van der Waals surface area contributed by atoms with Crippen LogP contribution in [0.2, 0.25) is 0 Å². The number of methoxy groups -OCH3 is 1. The van der Waals surface area contributed by atoms with Crippen LogP contribution in [0.25, 0.3) is 0 Å². The summed E-state index contributed by atoms with van der Waals surface area (Å²) < 4.78 is 10.1. The Bertz CT molecular complexity index is 508. The molecule has 6 nitrogen and oxygen atoms in total. The van der Waals surface area contributed by atoms with E-state index >= 15 is 0 Å². The van der Waals surface area contributed by atoms with Gasteiger partial charge in [0.2, 0.25) is 0 Å². The Morgan fingerprint density at radius 3 is 2.88 bits per heavy atom. The lowest BCUT2D eigenvalue weighted by molar-refractivity contribution is -0.149. The van der Waals surface area contributed by atoms with Crippen molar-refractivity contribution in [1.82, 2.24) is 0 Å². The van der Waals surface area contributed by atoms with E-state index in [-0.39, 0.29) is 36.1 Å². The zero-order valence-corrected chi connectivity index (χ0v) is 16.3. The number of allylic oxidation sites excluding steroid dienone is 2. The minimum absolute atomic E-state index is 0.0379. The molecule has 7 heteroatoms. The lowest BCUT2D eigenvalue weighted by atomic mass is 9.87. The number of hydrogen-bond acceptors (Lipinski definition) is 7. The monoisotopic (exact) mass is 386 g/mol. The van der Waals surface area contributed by atoms with Crippen LogP contribution in [-0.2, 0) is 19.1 Å². The van der Waals surface area contributed by atoms with Gasteiger partial charge in [-0.25, -0.2) is 0 Å². The van der Waals surface area contributed by atoms with Crippen molar-refractivity contribution < 1.29 is 29.3 Å². The van der Waals surface area contributed by atoms with Gasteiger partial charge in [-0.15, -0.1) is 11.8 Å². The predicted octanol–water partition coefficient (Wildman–Crippen LogP) is 2.07. The molecule has 0 aromatic carbocycles. The van der Waals surface area contributed by atoms with E-state index in [9.17, 15) is 19.8 Å². The average Bonchev–Trinajstić information content (AvgIpc) is 2.97. The first-order valence-electron chi connectivity index (χ1n) is 9.31. The largest absolute Gasteiger partial charge is 0.468 e. The summed E-state index contributed by atoms with van der Waals surface area (Å²) in [5.41, 5.74) is 0. The molecule has 1 fully saturated rings. The summed E-state index contributed by atoms with van der Waals surface area (Å²) >= 11 is 1.22. The molecule has 0 aromatic rings. The Morgan fingerprint density at radius 2 is 2.15 bits per heavy atom. The first kappa shape index (κ1) is 21.3. The van der Waals surface area contributed by atoms with Crippen molar-refractivity contribution in [2.75, 3.05) is 12.9 Å². The molecule has 0 unspecified atom stereocenters. The molecule has 2 N–H and O–H groups in total. The second kappa shape index (κ2) is 10.3. The maximum absolute atomic E-state index is 12.3. The zero-order chi connectivity index (χ0) is 19.1. The van der Waals surface area contributed by atoms with Crippen LogP contribution >= 0.6 is 11.8 Å². The maximum atomic E-state index is 12.3. The SMILES string of the molecule is COC(=O)CS[C@@H]1CC(=O)O[C@@H](C)CCC/C=C/[C@@H]2C[C@H](O)C[C@H]2[C@H]1O. The lowest BCUT2D eigenvalue weighted by Gasteiger charge is -2.29. The summed E-state index contributed by atoms with van der Waals surface area (Å²) in [5.74, 6) is -0.745. The van der Waals surface area contributed by atoms with E-state index in [1.807, 2.05) is 6.92 Å². The highest BCUT2D eigenvalue weighted by molar-refractivity contribution is 8.00. The van der Waals surface area contributed by atoms with Crippen molar-refractivity contribution in [1.29, 1.82) is 0 Å². The number of hydrogen-bond donors (Lipinski definition) is 2. The summed E-state index contributed by atoms with van der Waals surface area (Å²) in [6.45, 7) is 1.87. The van der Waals surface area contributed by atoms with Crippen LogP contribution in [0.15, 0.2) is 12.2 Å². The molecule has 1 saturated carbocycles. The number of esters is 2. The van der Waals surface area contributed by atoms with Crippen LogP contribution in [0.1, 0.15) is 45.4 Å². The number of carbonyl (C=O) groups is 2. The van der Waals surface area contributed by atoms with Gasteiger partial charge in [0, 0.05) is 5.25 Å². The number of rotatable bonds is 3. The van der Waals surface area contributed by atoms with Crippen molar-refractivity contribution in [3.05, 3.63) is 12.2 Å². The van der Waals surface area contributed by atoms with Crippen LogP contribution in [0.5, 0.6) is 0 Å². The number of carbonyl (C=O) groups excluding carboxylic acids is 2. The van der Waals surface area contributed by atoms with Gasteiger partial charge < -0.3 is 19.7 Å². The molecule has 2 aliphatic rings. The molecule has 0 saturated heterocycles. The number of fused-ring (bicyclic) bond motifs is 1. The standard InChI is InChI=1S/C19H30O6S/c1-12-6-4-3-5-7-13-8-14(20)9-15(13)19(23)16(10-17(21)25-12)26-11-18(22)24-2/h5,7,12-16,19-20,23H,3-4,6,8-11H2,1-2H3/b7-5+/t12-,13+,14-,15+,16+,19+/m0/s1. The Hall–Kier alpha value is -1.05. The molecule has 0 amide bonds. The second-order valence-corrected chi connectivity index (χ2v) is 8.46. The second-order valence-electron chi connectivity index (χ2n) is 7.23. The molecule has 1 aliphatic carbocycles. The van der Waals surface area contributed by atoms with Gasteiger partial charge in [0.05, 0.1) is 37.6 Å². The Morgan fingerprint density at radius 1 is 1.38 bits per heavy atom. The third kappa shape index (κ3) is 6.28. The number of thioether (sulfide) groups is 1. The normalized spacial score (nSPS) is 37.5. The molecule has 0 radical (unpaired) electrons. The highest BCUT2D eigenvalue weighted by Crippen LogP contribution is 2.39. The highest BCUT2D eigenvalue weighted by atomic mass is 32.2. The van der Waals surface area contributed by atoms with Crippen LogP contribution < -0.4 is 0 Å². The van der Waals surface area contributed by atoms with Gasteiger partial charge in [-0.1, -0.05) is 12.2 Å². The van der Waals surface area contributed by atoms with Crippen molar-refractivity contribution >= 4 is 23.7 Å². The predicted molar refractivity (Wildman–Crippen MR) is 99.7 cm³/mol. The minimum atomic E-state index is -0.805. The molecule has 0 spiro atoms. The van der Waals surface area contributed by atoms with Crippen LogP contribution in [0.4, 0.5) is 0 Å². The highest BCUT2D eigenvalue weighted by Gasteiger charge is 2.40. The molecular weight excluding hydrogens is 356 g/mol. The third-order valence-electron chi connectivity index (χ3n) is 5.17. The maximum Gasteiger partial charge on any atom is 0.315 e. The molecule has 0 aromatic heterocycles. The molecule has 148 valence electrons. The summed E-state index contributed by atoms with van der Waals surface area (Å²) in [6, 6.07) is 0. The van der Waals surface area contributed by atoms with Crippen molar-refractivity contribution in [2.45, 2.75) is 69.0 Å². The molecular formula is C19H30O6S. The van der Waals surface area contributed by atoms with Gasteiger partial charge in [0.15, 0.2) is 0 Å². The van der Waals surface area contributed by atoms with Crippen molar-refractivity contribution in [3.63, 3.8) is 0 Å². The van der Waals surface area contributed by atoms with Crippen LogP contribution in [-0.4, -0.2) is 58.6 Å². The van der Waals surface area contributed by atoms with E-state index in [2.05, 4.69) is 16.9 Å². The fourth-order valence-corrected chi connectivity index (χ4v) is 4.89. The molecule has 26 heavy (non-hydrogen) atoms. The summed E-state index contributed by atoms with van der Waals surface area (Å²) in [7, 11) is 1.31. The molecule has 6 atom stereocenters. The first-order chi connectivity index (χ1) is 12.4. The van der Waals surface area contributed by atoms with Gasteiger partial charge in [0.25, 0.3) is 0 Å². The van der Waals surface area contributed by atoms with E-state index in [1.165, 1.54) is 18.9 Å². The average molecular weight is 387 g/mol. The quantitative estimate of drug-likeness (QED) is 0.566. The number of ether oxygens (including phenoxy) is 2. The number of aliphatic hydroxyl groups is 2. The summed E-state index contributed by atoms with van der Waals surface area (Å²) in [4.78, 5) is 23.8. The molecule has 2 rings (SSSR count). The first-order valence-corrected chi connectivity index (χ1v) is 10.4.